The van der Waals surface area contributed by atoms with Gasteiger partial charge in [-0.3, -0.25) is 9.89 Å². The molecule has 2 rings (SSSR count). The minimum atomic E-state index is -0.122. The van der Waals surface area contributed by atoms with Gasteiger partial charge < -0.3 is 15.4 Å². The highest BCUT2D eigenvalue weighted by Gasteiger charge is 2.31. The number of aromatic amines is 1. The van der Waals surface area contributed by atoms with Crippen LogP contribution in [0.1, 0.15) is 48.8 Å². The molecule has 6 nitrogen and oxygen atoms in total. The second-order valence-corrected chi connectivity index (χ2v) is 4.76. The Kier molecular flexibility index (Phi) is 4.42. The van der Waals surface area contributed by atoms with Gasteiger partial charge in [-0.2, -0.15) is 5.10 Å². The molecule has 0 radical (unpaired) electrons. The quantitative estimate of drug-likeness (QED) is 0.730. The summed E-state index contributed by atoms with van der Waals surface area (Å²) in [6, 6.07) is 0. The van der Waals surface area contributed by atoms with Gasteiger partial charge in [0.25, 0.3) is 5.91 Å². The molecule has 0 atom stereocenters. The Labute approximate surface area is 113 Å². The van der Waals surface area contributed by atoms with Crippen molar-refractivity contribution in [1.82, 2.24) is 15.1 Å². The number of hydrogen-bond acceptors (Lipinski definition) is 4. The van der Waals surface area contributed by atoms with Crippen molar-refractivity contribution in [2.75, 3.05) is 32.0 Å². The third-order valence-corrected chi connectivity index (χ3v) is 3.40. The predicted octanol–water partition coefficient (Wildman–Crippen LogP) is 1.37. The van der Waals surface area contributed by atoms with Gasteiger partial charge in [-0.05, 0) is 26.7 Å². The van der Waals surface area contributed by atoms with Crippen molar-refractivity contribution in [1.29, 1.82) is 0 Å². The maximum atomic E-state index is 12.4. The highest BCUT2D eigenvalue weighted by molar-refractivity contribution is 5.97. The summed E-state index contributed by atoms with van der Waals surface area (Å²) in [5, 5.41) is 7.00. The Morgan fingerprint density at radius 2 is 2.26 bits per heavy atom. The van der Waals surface area contributed by atoms with Crippen LogP contribution >= 0.6 is 0 Å². The lowest BCUT2D eigenvalue weighted by Crippen LogP contribution is -2.34. The second kappa shape index (κ2) is 6.06. The number of nitrogens with two attached hydrogens (primary N) is 1. The number of likely N-dealkylation sites (N-methyl/N-ethyl adjacent to an activating group) is 1. The fourth-order valence-corrected chi connectivity index (χ4v) is 2.08. The van der Waals surface area contributed by atoms with E-state index >= 15 is 0 Å². The summed E-state index contributed by atoms with van der Waals surface area (Å²) in [4.78, 5) is 14.1. The largest absolute Gasteiger partial charge is 0.395 e. The number of anilines is 1. The van der Waals surface area contributed by atoms with E-state index in [0.29, 0.717) is 43.6 Å². The molecule has 0 aromatic carbocycles. The molecule has 0 spiro atoms. The summed E-state index contributed by atoms with van der Waals surface area (Å²) in [6.07, 6.45) is 2.25. The molecule has 0 bridgehead atoms. The van der Waals surface area contributed by atoms with E-state index in [1.807, 2.05) is 13.8 Å². The summed E-state index contributed by atoms with van der Waals surface area (Å²) in [6.45, 7) is 6.25. The lowest BCUT2D eigenvalue weighted by molar-refractivity contribution is 0.0664. The summed E-state index contributed by atoms with van der Waals surface area (Å²) >= 11 is 0. The smallest absolute Gasteiger partial charge is 0.276 e. The Balaban J connectivity index is 2.04. The van der Waals surface area contributed by atoms with Gasteiger partial charge >= 0.3 is 0 Å². The lowest BCUT2D eigenvalue weighted by Gasteiger charge is -2.19. The number of rotatable bonds is 7. The highest BCUT2D eigenvalue weighted by atomic mass is 16.5. The first kappa shape index (κ1) is 13.9. The topological polar surface area (TPSA) is 84.2 Å². The molecule has 1 saturated carbocycles. The lowest BCUT2D eigenvalue weighted by atomic mass is 10.2. The van der Waals surface area contributed by atoms with Crippen LogP contribution in [0.3, 0.4) is 0 Å². The molecular weight excluding hydrogens is 244 g/mol. The number of H-pyrrole nitrogens is 1. The molecule has 19 heavy (non-hydrogen) atoms. The van der Waals surface area contributed by atoms with E-state index in [1.165, 1.54) is 0 Å². The molecule has 1 heterocycles. The first-order valence-corrected chi connectivity index (χ1v) is 6.89. The van der Waals surface area contributed by atoms with Crippen LogP contribution in [0.15, 0.2) is 0 Å². The zero-order chi connectivity index (χ0) is 13.8. The summed E-state index contributed by atoms with van der Waals surface area (Å²) in [5.41, 5.74) is 7.80. The van der Waals surface area contributed by atoms with Crippen LogP contribution in [-0.4, -0.2) is 47.3 Å². The van der Waals surface area contributed by atoms with Gasteiger partial charge in [0.1, 0.15) is 0 Å². The normalized spacial score (nSPS) is 14.6. The number of aromatic nitrogens is 2. The number of hydrogen-bond donors (Lipinski definition) is 2. The molecule has 1 aliphatic carbocycles. The number of nitrogens with zero attached hydrogens (tertiary/aromatic N) is 2. The fraction of sp³-hybridized carbons (Fsp3) is 0.692. The average molecular weight is 266 g/mol. The first-order valence-electron chi connectivity index (χ1n) is 6.89. The second-order valence-electron chi connectivity index (χ2n) is 4.76. The van der Waals surface area contributed by atoms with Gasteiger partial charge in [-0.25, -0.2) is 0 Å². The van der Waals surface area contributed by atoms with Gasteiger partial charge in [0.15, 0.2) is 5.69 Å². The van der Waals surface area contributed by atoms with Crippen LogP contribution in [-0.2, 0) is 4.74 Å². The Morgan fingerprint density at radius 1 is 1.53 bits per heavy atom. The number of nitrogen functional groups attached to an aromatic ring is 1. The van der Waals surface area contributed by atoms with E-state index in [4.69, 9.17) is 10.5 Å². The van der Waals surface area contributed by atoms with Crippen LogP contribution in [0.25, 0.3) is 0 Å². The van der Waals surface area contributed by atoms with Crippen molar-refractivity contribution in [2.45, 2.75) is 32.6 Å². The van der Waals surface area contributed by atoms with Crippen molar-refractivity contribution in [3.05, 3.63) is 11.4 Å². The monoisotopic (exact) mass is 266 g/mol. The van der Waals surface area contributed by atoms with E-state index in [-0.39, 0.29) is 5.91 Å². The van der Waals surface area contributed by atoms with Gasteiger partial charge in [0, 0.05) is 25.6 Å². The van der Waals surface area contributed by atoms with E-state index in [1.54, 1.807) is 4.90 Å². The van der Waals surface area contributed by atoms with Crippen LogP contribution < -0.4 is 5.73 Å². The fourth-order valence-electron chi connectivity index (χ4n) is 2.08. The van der Waals surface area contributed by atoms with Gasteiger partial charge in [-0.1, -0.05) is 0 Å². The van der Waals surface area contributed by atoms with Crippen LogP contribution in [0, 0.1) is 0 Å². The van der Waals surface area contributed by atoms with Crippen molar-refractivity contribution < 1.29 is 9.53 Å². The zero-order valence-corrected chi connectivity index (χ0v) is 11.6. The van der Waals surface area contributed by atoms with Crippen LogP contribution in [0.2, 0.25) is 0 Å². The number of carbonyl (C=O) groups is 1. The summed E-state index contributed by atoms with van der Waals surface area (Å²) in [5.74, 6) is 0.343. The Morgan fingerprint density at radius 3 is 2.84 bits per heavy atom. The third kappa shape index (κ3) is 3.07. The maximum Gasteiger partial charge on any atom is 0.276 e. The SMILES string of the molecule is CCOCCN(CC)C(=O)c1n[nH]c(C2CC2)c1N. The average Bonchev–Trinajstić information content (AvgIpc) is 3.18. The number of nitrogens with one attached hydrogen (secondary N) is 1. The van der Waals surface area contributed by atoms with Gasteiger partial charge in [-0.15, -0.1) is 0 Å². The first-order chi connectivity index (χ1) is 9.19. The molecule has 6 heteroatoms. The predicted molar refractivity (Wildman–Crippen MR) is 73.0 cm³/mol. The molecule has 1 aliphatic rings. The molecule has 1 amide bonds. The molecule has 106 valence electrons. The molecule has 3 N–H and O–H groups in total. The van der Waals surface area contributed by atoms with E-state index in [9.17, 15) is 4.79 Å². The van der Waals surface area contributed by atoms with Crippen LogP contribution in [0.5, 0.6) is 0 Å². The molecule has 1 aromatic heterocycles. The number of ether oxygens (including phenoxy) is 1. The summed E-state index contributed by atoms with van der Waals surface area (Å²) < 4.78 is 5.28. The molecule has 1 aromatic rings. The third-order valence-electron chi connectivity index (χ3n) is 3.40. The zero-order valence-electron chi connectivity index (χ0n) is 11.6. The number of carbonyl (C=O) groups excluding carboxylic acids is 1. The molecule has 1 fully saturated rings. The summed E-state index contributed by atoms with van der Waals surface area (Å²) in [7, 11) is 0. The minimum Gasteiger partial charge on any atom is -0.395 e. The van der Waals surface area contributed by atoms with Crippen LogP contribution in [0.4, 0.5) is 5.69 Å². The van der Waals surface area contributed by atoms with Crippen molar-refractivity contribution in [3.8, 4) is 0 Å². The molecule has 0 unspecified atom stereocenters. The standard InChI is InChI=1S/C13H22N4O2/c1-3-17(7-8-19-4-2)13(18)12-10(14)11(15-16-12)9-5-6-9/h9H,3-8,14H2,1-2H3,(H,15,16). The minimum absolute atomic E-state index is 0.122. The van der Waals surface area contributed by atoms with E-state index in [0.717, 1.165) is 18.5 Å². The van der Waals surface area contributed by atoms with E-state index in [2.05, 4.69) is 10.2 Å². The van der Waals surface area contributed by atoms with Gasteiger partial charge in [0.2, 0.25) is 0 Å². The van der Waals surface area contributed by atoms with Crippen molar-refractivity contribution in [2.24, 2.45) is 0 Å². The van der Waals surface area contributed by atoms with E-state index < -0.39 is 0 Å². The van der Waals surface area contributed by atoms with Gasteiger partial charge in [0.05, 0.1) is 18.0 Å². The molecule has 0 aliphatic heterocycles. The maximum absolute atomic E-state index is 12.4. The number of amides is 1. The Hall–Kier alpha value is -1.56. The molecule has 0 saturated heterocycles. The molecular formula is C13H22N4O2. The highest BCUT2D eigenvalue weighted by Crippen LogP contribution is 2.42. The van der Waals surface area contributed by atoms with Crippen molar-refractivity contribution >= 4 is 11.6 Å². The van der Waals surface area contributed by atoms with Crippen molar-refractivity contribution in [3.63, 3.8) is 0 Å². The Bertz CT molecular complexity index is 440.